The van der Waals surface area contributed by atoms with Gasteiger partial charge in [0.1, 0.15) is 5.82 Å². The average molecular weight is 362 g/mol. The van der Waals surface area contributed by atoms with E-state index >= 15 is 0 Å². The molecule has 1 fully saturated rings. The Kier molecular flexibility index (Phi) is 5.66. The van der Waals surface area contributed by atoms with Gasteiger partial charge >= 0.3 is 0 Å². The van der Waals surface area contributed by atoms with Crippen LogP contribution in [0.25, 0.3) is 0 Å². The number of hydrogen-bond donors (Lipinski definition) is 2. The molecule has 0 unspecified atom stereocenters. The van der Waals surface area contributed by atoms with E-state index in [0.29, 0.717) is 5.11 Å². The first-order valence-electron chi connectivity index (χ1n) is 7.98. The van der Waals surface area contributed by atoms with Crippen molar-refractivity contribution in [3.05, 3.63) is 59.2 Å². The quantitative estimate of drug-likeness (QED) is 0.812. The van der Waals surface area contributed by atoms with Gasteiger partial charge in [0.05, 0.1) is 0 Å². The van der Waals surface area contributed by atoms with Crippen LogP contribution in [0.3, 0.4) is 0 Å². The number of aromatic nitrogens is 1. The van der Waals surface area contributed by atoms with Crippen molar-refractivity contribution in [1.82, 2.24) is 10.3 Å². The SMILES string of the molecule is S=C(NCC1(c2ccc(Cl)cc2)CCOCC1)Nc1ccccn1. The number of rotatable bonds is 4. The minimum atomic E-state index is -0.00129. The fourth-order valence-electron chi connectivity index (χ4n) is 2.98. The van der Waals surface area contributed by atoms with Gasteiger partial charge in [-0.2, -0.15) is 0 Å². The number of pyridine rings is 1. The molecule has 2 N–H and O–H groups in total. The first-order valence-corrected chi connectivity index (χ1v) is 8.76. The maximum atomic E-state index is 6.04. The highest BCUT2D eigenvalue weighted by Crippen LogP contribution is 2.34. The molecule has 2 heterocycles. The number of thiocarbonyl (C=S) groups is 1. The fraction of sp³-hybridized carbons (Fsp3) is 0.333. The van der Waals surface area contributed by atoms with Crippen molar-refractivity contribution in [1.29, 1.82) is 0 Å². The normalized spacial score (nSPS) is 16.4. The topological polar surface area (TPSA) is 46.2 Å². The molecule has 0 amide bonds. The van der Waals surface area contributed by atoms with Crippen LogP contribution in [0, 0.1) is 0 Å². The maximum absolute atomic E-state index is 6.04. The summed E-state index contributed by atoms with van der Waals surface area (Å²) in [7, 11) is 0. The van der Waals surface area contributed by atoms with Crippen molar-refractivity contribution < 1.29 is 4.74 Å². The largest absolute Gasteiger partial charge is 0.381 e. The van der Waals surface area contributed by atoms with Crippen molar-refractivity contribution in [3.63, 3.8) is 0 Å². The molecule has 126 valence electrons. The minimum Gasteiger partial charge on any atom is -0.381 e. The minimum absolute atomic E-state index is 0.00129. The second-order valence-electron chi connectivity index (χ2n) is 5.92. The van der Waals surface area contributed by atoms with Crippen LogP contribution in [0.2, 0.25) is 5.02 Å². The van der Waals surface area contributed by atoms with Crippen molar-refractivity contribution in [2.24, 2.45) is 0 Å². The number of nitrogens with zero attached hydrogens (tertiary/aromatic N) is 1. The molecule has 1 aromatic heterocycles. The molecule has 24 heavy (non-hydrogen) atoms. The van der Waals surface area contributed by atoms with E-state index in [1.165, 1.54) is 5.56 Å². The van der Waals surface area contributed by atoms with Crippen LogP contribution in [0.15, 0.2) is 48.7 Å². The highest BCUT2D eigenvalue weighted by Gasteiger charge is 2.34. The predicted octanol–water partition coefficient (Wildman–Crippen LogP) is 3.77. The van der Waals surface area contributed by atoms with E-state index < -0.39 is 0 Å². The lowest BCUT2D eigenvalue weighted by atomic mass is 9.74. The lowest BCUT2D eigenvalue weighted by Crippen LogP contribution is -2.45. The van der Waals surface area contributed by atoms with E-state index in [0.717, 1.165) is 43.4 Å². The van der Waals surface area contributed by atoms with Gasteiger partial charge in [-0.1, -0.05) is 29.8 Å². The highest BCUT2D eigenvalue weighted by atomic mass is 35.5. The van der Waals surface area contributed by atoms with Gasteiger partial charge in [0.15, 0.2) is 5.11 Å². The standard InChI is InChI=1S/C18H20ClN3OS/c19-15-6-4-14(5-7-15)18(8-11-23-12-9-18)13-21-17(24)22-16-3-1-2-10-20-16/h1-7,10H,8-9,11-13H2,(H2,20,21,22,24). The molecule has 1 saturated heterocycles. The average Bonchev–Trinajstić information content (AvgIpc) is 2.62. The van der Waals surface area contributed by atoms with Gasteiger partial charge in [-0.3, -0.25) is 0 Å². The van der Waals surface area contributed by atoms with Crippen LogP contribution in [0.5, 0.6) is 0 Å². The summed E-state index contributed by atoms with van der Waals surface area (Å²) in [6.45, 7) is 2.26. The molecule has 1 aliphatic heterocycles. The Morgan fingerprint density at radius 1 is 1.17 bits per heavy atom. The van der Waals surface area contributed by atoms with E-state index in [2.05, 4.69) is 27.8 Å². The molecule has 4 nitrogen and oxygen atoms in total. The molecule has 0 bridgehead atoms. The van der Waals surface area contributed by atoms with Crippen molar-refractivity contribution in [2.45, 2.75) is 18.3 Å². The van der Waals surface area contributed by atoms with Gasteiger partial charge in [0, 0.05) is 36.4 Å². The molecule has 0 radical (unpaired) electrons. The Morgan fingerprint density at radius 2 is 1.92 bits per heavy atom. The molecular formula is C18H20ClN3OS. The zero-order valence-electron chi connectivity index (χ0n) is 13.3. The summed E-state index contributed by atoms with van der Waals surface area (Å²) in [6.07, 6.45) is 3.64. The summed E-state index contributed by atoms with van der Waals surface area (Å²) >= 11 is 11.4. The van der Waals surface area contributed by atoms with E-state index in [-0.39, 0.29) is 5.41 Å². The molecule has 3 rings (SSSR count). The Morgan fingerprint density at radius 3 is 2.58 bits per heavy atom. The van der Waals surface area contributed by atoms with E-state index in [9.17, 15) is 0 Å². The summed E-state index contributed by atoms with van der Waals surface area (Å²) in [5.74, 6) is 0.738. The number of ether oxygens (including phenoxy) is 1. The van der Waals surface area contributed by atoms with E-state index in [1.54, 1.807) is 6.20 Å². The molecule has 0 atom stereocenters. The third-order valence-corrected chi connectivity index (χ3v) is 4.90. The third kappa shape index (κ3) is 4.23. The molecule has 0 aliphatic carbocycles. The molecule has 6 heteroatoms. The van der Waals surface area contributed by atoms with Crippen molar-refractivity contribution in [2.75, 3.05) is 25.1 Å². The maximum Gasteiger partial charge on any atom is 0.171 e. The van der Waals surface area contributed by atoms with Gasteiger partial charge in [-0.05, 0) is 54.9 Å². The van der Waals surface area contributed by atoms with Crippen molar-refractivity contribution in [3.8, 4) is 0 Å². The van der Waals surface area contributed by atoms with Gasteiger partial charge in [0.25, 0.3) is 0 Å². The van der Waals surface area contributed by atoms with Gasteiger partial charge in [-0.25, -0.2) is 4.98 Å². The Labute approximate surface area is 152 Å². The Hall–Kier alpha value is -1.69. The number of benzene rings is 1. The number of nitrogens with one attached hydrogen (secondary N) is 2. The number of halogens is 1. The Bertz CT molecular complexity index is 672. The van der Waals surface area contributed by atoms with Crippen molar-refractivity contribution >= 4 is 34.7 Å². The van der Waals surface area contributed by atoms with Crippen LogP contribution in [0.1, 0.15) is 18.4 Å². The number of anilines is 1. The second kappa shape index (κ2) is 7.92. The van der Waals surface area contributed by atoms with E-state index in [4.69, 9.17) is 28.6 Å². The summed E-state index contributed by atoms with van der Waals surface area (Å²) < 4.78 is 5.56. The summed E-state index contributed by atoms with van der Waals surface area (Å²) in [6, 6.07) is 13.8. The van der Waals surface area contributed by atoms with Gasteiger partial charge in [0.2, 0.25) is 0 Å². The van der Waals surface area contributed by atoms with Crippen LogP contribution in [0.4, 0.5) is 5.82 Å². The summed E-state index contributed by atoms with van der Waals surface area (Å²) in [4.78, 5) is 4.23. The Balaban J connectivity index is 1.68. The first kappa shape index (κ1) is 17.1. The second-order valence-corrected chi connectivity index (χ2v) is 6.77. The molecule has 1 aliphatic rings. The first-order chi connectivity index (χ1) is 11.7. The molecule has 1 aromatic carbocycles. The van der Waals surface area contributed by atoms with Crippen LogP contribution in [-0.2, 0) is 10.2 Å². The smallest absolute Gasteiger partial charge is 0.171 e. The molecule has 2 aromatic rings. The summed E-state index contributed by atoms with van der Waals surface area (Å²) in [5.41, 5.74) is 1.27. The summed E-state index contributed by atoms with van der Waals surface area (Å²) in [5, 5.41) is 7.79. The molecule has 0 saturated carbocycles. The van der Waals surface area contributed by atoms with Crippen LogP contribution >= 0.6 is 23.8 Å². The predicted molar refractivity (Wildman–Crippen MR) is 102 cm³/mol. The lowest BCUT2D eigenvalue weighted by Gasteiger charge is -2.38. The molecular weight excluding hydrogens is 342 g/mol. The van der Waals surface area contributed by atoms with E-state index in [1.807, 2.05) is 30.3 Å². The monoisotopic (exact) mass is 361 g/mol. The molecule has 0 spiro atoms. The highest BCUT2D eigenvalue weighted by molar-refractivity contribution is 7.80. The van der Waals surface area contributed by atoms with Gasteiger partial charge < -0.3 is 15.4 Å². The number of hydrogen-bond acceptors (Lipinski definition) is 3. The zero-order valence-corrected chi connectivity index (χ0v) is 14.9. The zero-order chi connectivity index (χ0) is 16.8. The third-order valence-electron chi connectivity index (χ3n) is 4.40. The van der Waals surface area contributed by atoms with Crippen LogP contribution in [-0.4, -0.2) is 29.9 Å². The van der Waals surface area contributed by atoms with Gasteiger partial charge in [-0.15, -0.1) is 0 Å². The van der Waals surface area contributed by atoms with Crippen LogP contribution < -0.4 is 10.6 Å². The lowest BCUT2D eigenvalue weighted by molar-refractivity contribution is 0.0515. The fourth-order valence-corrected chi connectivity index (χ4v) is 3.28.